The summed E-state index contributed by atoms with van der Waals surface area (Å²) in [5, 5.41) is 1.91. The molecule has 2 rings (SSSR count). The van der Waals surface area contributed by atoms with Crippen molar-refractivity contribution in [2.24, 2.45) is 0 Å². The molecule has 0 spiro atoms. The molecule has 2 aromatic rings. The van der Waals surface area contributed by atoms with E-state index in [0.717, 1.165) is 15.4 Å². The predicted molar refractivity (Wildman–Crippen MR) is 81.6 cm³/mol. The van der Waals surface area contributed by atoms with Gasteiger partial charge in [-0.05, 0) is 42.0 Å². The smallest absolute Gasteiger partial charge is 0.0563 e. The fourth-order valence-electron chi connectivity index (χ4n) is 1.45. The Morgan fingerprint density at radius 3 is 2.17 bits per heavy atom. The molecule has 94 valence electrons. The van der Waals surface area contributed by atoms with Gasteiger partial charge in [-0.2, -0.15) is 0 Å². The fraction of sp³-hybridized carbons (Fsp3) is 0.0769. The average molecular weight is 338 g/mol. The molecule has 18 heavy (non-hydrogen) atoms. The first-order valence-electron chi connectivity index (χ1n) is 5.07. The standard InChI is InChI=1S/C13H8Cl4S/c14-7-8-5-10(16)6-12(17)13(8)18-11-3-1-9(15)2-4-11/h1-6H,7H2. The minimum atomic E-state index is 0.371. The lowest BCUT2D eigenvalue weighted by Crippen LogP contribution is -1.86. The van der Waals surface area contributed by atoms with E-state index in [9.17, 15) is 0 Å². The molecule has 0 aliphatic heterocycles. The van der Waals surface area contributed by atoms with Crippen molar-refractivity contribution in [1.29, 1.82) is 0 Å². The van der Waals surface area contributed by atoms with Gasteiger partial charge in [0.1, 0.15) is 0 Å². The molecule has 0 nitrogen and oxygen atoms in total. The van der Waals surface area contributed by atoms with Gasteiger partial charge >= 0.3 is 0 Å². The zero-order valence-electron chi connectivity index (χ0n) is 9.09. The van der Waals surface area contributed by atoms with Crippen LogP contribution in [0.3, 0.4) is 0 Å². The second-order valence-corrected chi connectivity index (χ2v) is 6.20. The van der Waals surface area contributed by atoms with Crippen LogP contribution in [0.5, 0.6) is 0 Å². The molecule has 0 heterocycles. The Morgan fingerprint density at radius 1 is 0.889 bits per heavy atom. The first-order valence-corrected chi connectivity index (χ1v) is 7.56. The van der Waals surface area contributed by atoms with Crippen molar-refractivity contribution in [3.63, 3.8) is 0 Å². The highest BCUT2D eigenvalue weighted by Gasteiger charge is 2.10. The van der Waals surface area contributed by atoms with Gasteiger partial charge in [0.15, 0.2) is 0 Å². The van der Waals surface area contributed by atoms with Gasteiger partial charge in [0.05, 0.1) is 5.02 Å². The van der Waals surface area contributed by atoms with Crippen molar-refractivity contribution in [3.8, 4) is 0 Å². The van der Waals surface area contributed by atoms with E-state index in [0.29, 0.717) is 20.9 Å². The number of rotatable bonds is 3. The molecule has 2 aromatic carbocycles. The third-order valence-electron chi connectivity index (χ3n) is 2.26. The van der Waals surface area contributed by atoms with Crippen LogP contribution in [0.15, 0.2) is 46.2 Å². The number of alkyl halides is 1. The van der Waals surface area contributed by atoms with Gasteiger partial charge in [0, 0.05) is 25.7 Å². The Morgan fingerprint density at radius 2 is 1.56 bits per heavy atom. The largest absolute Gasteiger partial charge is 0.122 e. The summed E-state index contributed by atoms with van der Waals surface area (Å²) >= 11 is 25.5. The van der Waals surface area contributed by atoms with Crippen LogP contribution < -0.4 is 0 Å². The van der Waals surface area contributed by atoms with E-state index < -0.39 is 0 Å². The van der Waals surface area contributed by atoms with E-state index in [-0.39, 0.29) is 0 Å². The van der Waals surface area contributed by atoms with Crippen molar-refractivity contribution < 1.29 is 0 Å². The minimum Gasteiger partial charge on any atom is -0.122 e. The van der Waals surface area contributed by atoms with E-state index in [2.05, 4.69) is 0 Å². The lowest BCUT2D eigenvalue weighted by atomic mass is 10.2. The Balaban J connectivity index is 2.36. The second kappa shape index (κ2) is 6.40. The summed E-state index contributed by atoms with van der Waals surface area (Å²) < 4.78 is 0. The maximum absolute atomic E-state index is 6.20. The number of hydrogen-bond donors (Lipinski definition) is 0. The molecule has 0 N–H and O–H groups in total. The maximum atomic E-state index is 6.20. The molecule has 0 atom stereocenters. The van der Waals surface area contributed by atoms with Crippen LogP contribution in [0.1, 0.15) is 5.56 Å². The summed E-state index contributed by atoms with van der Waals surface area (Å²) in [6.45, 7) is 0. The second-order valence-electron chi connectivity index (χ2n) is 3.57. The molecule has 0 amide bonds. The highest BCUT2D eigenvalue weighted by Crippen LogP contribution is 2.38. The SMILES string of the molecule is ClCc1cc(Cl)cc(Cl)c1Sc1ccc(Cl)cc1. The van der Waals surface area contributed by atoms with Crippen molar-refractivity contribution in [1.82, 2.24) is 0 Å². The molecule has 0 aliphatic carbocycles. The topological polar surface area (TPSA) is 0 Å². The van der Waals surface area contributed by atoms with Crippen molar-refractivity contribution in [2.45, 2.75) is 15.7 Å². The first-order chi connectivity index (χ1) is 8.60. The predicted octanol–water partition coefficient (Wildman–Crippen LogP) is 6.54. The van der Waals surface area contributed by atoms with Crippen molar-refractivity contribution in [3.05, 3.63) is 57.0 Å². The third kappa shape index (κ3) is 3.49. The summed E-state index contributed by atoms with van der Waals surface area (Å²) in [5.74, 6) is 0.371. The van der Waals surface area contributed by atoms with Crippen LogP contribution in [0.4, 0.5) is 0 Å². The van der Waals surface area contributed by atoms with E-state index in [1.165, 1.54) is 0 Å². The molecule has 0 unspecified atom stereocenters. The quantitative estimate of drug-likeness (QED) is 0.573. The molecule has 0 saturated heterocycles. The van der Waals surface area contributed by atoms with E-state index in [4.69, 9.17) is 46.4 Å². The summed E-state index contributed by atoms with van der Waals surface area (Å²) in [5.41, 5.74) is 0.925. The summed E-state index contributed by atoms with van der Waals surface area (Å²) in [6, 6.07) is 11.1. The lowest BCUT2D eigenvalue weighted by Gasteiger charge is -2.10. The molecule has 0 aromatic heterocycles. The Labute approximate surface area is 130 Å². The highest BCUT2D eigenvalue weighted by molar-refractivity contribution is 7.99. The Bertz CT molecular complexity index is 552. The molecule has 0 bridgehead atoms. The summed E-state index contributed by atoms with van der Waals surface area (Å²) in [6.07, 6.45) is 0. The molecular weight excluding hydrogens is 330 g/mol. The van der Waals surface area contributed by atoms with Crippen LogP contribution in [-0.4, -0.2) is 0 Å². The lowest BCUT2D eigenvalue weighted by molar-refractivity contribution is 1.25. The normalized spacial score (nSPS) is 10.7. The molecular formula is C13H8Cl4S. The van der Waals surface area contributed by atoms with E-state index in [1.807, 2.05) is 30.3 Å². The Kier molecular flexibility index (Phi) is 5.11. The Hall–Kier alpha value is -0.0500. The van der Waals surface area contributed by atoms with Crippen LogP contribution in [0.25, 0.3) is 0 Å². The zero-order chi connectivity index (χ0) is 13.1. The van der Waals surface area contributed by atoms with Gasteiger partial charge in [0.25, 0.3) is 0 Å². The van der Waals surface area contributed by atoms with Crippen LogP contribution in [-0.2, 0) is 5.88 Å². The number of halogens is 4. The first kappa shape index (κ1) is 14.4. The molecule has 0 aliphatic rings. The van der Waals surface area contributed by atoms with E-state index in [1.54, 1.807) is 17.8 Å². The summed E-state index contributed by atoms with van der Waals surface area (Å²) in [7, 11) is 0. The summed E-state index contributed by atoms with van der Waals surface area (Å²) in [4.78, 5) is 1.98. The monoisotopic (exact) mass is 336 g/mol. The van der Waals surface area contributed by atoms with Gasteiger partial charge in [-0.3, -0.25) is 0 Å². The molecule has 0 saturated carbocycles. The van der Waals surface area contributed by atoms with Crippen LogP contribution in [0.2, 0.25) is 15.1 Å². The van der Waals surface area contributed by atoms with Gasteiger partial charge in [-0.1, -0.05) is 46.6 Å². The fourth-order valence-corrected chi connectivity index (χ4v) is 3.44. The number of benzene rings is 2. The minimum absolute atomic E-state index is 0.371. The van der Waals surface area contributed by atoms with Crippen LogP contribution in [0, 0.1) is 0 Å². The van der Waals surface area contributed by atoms with Gasteiger partial charge < -0.3 is 0 Å². The van der Waals surface area contributed by atoms with Crippen molar-refractivity contribution in [2.75, 3.05) is 0 Å². The third-order valence-corrected chi connectivity index (χ3v) is 4.63. The molecule has 5 heteroatoms. The van der Waals surface area contributed by atoms with Crippen LogP contribution >= 0.6 is 58.2 Å². The van der Waals surface area contributed by atoms with Gasteiger partial charge in [0.2, 0.25) is 0 Å². The van der Waals surface area contributed by atoms with Crippen molar-refractivity contribution >= 4 is 58.2 Å². The molecule has 0 fully saturated rings. The molecule has 0 radical (unpaired) electrons. The highest BCUT2D eigenvalue weighted by atomic mass is 35.5. The number of hydrogen-bond acceptors (Lipinski definition) is 1. The maximum Gasteiger partial charge on any atom is 0.0563 e. The average Bonchev–Trinajstić information content (AvgIpc) is 2.34. The van der Waals surface area contributed by atoms with Gasteiger partial charge in [-0.25, -0.2) is 0 Å². The van der Waals surface area contributed by atoms with E-state index >= 15 is 0 Å². The van der Waals surface area contributed by atoms with Gasteiger partial charge in [-0.15, -0.1) is 11.6 Å². The zero-order valence-corrected chi connectivity index (χ0v) is 12.9.